The number of benzene rings is 2. The lowest BCUT2D eigenvalue weighted by atomic mass is 10.1. The number of hydrogen-bond acceptors (Lipinski definition) is 4. The van der Waals surface area contributed by atoms with Gasteiger partial charge in [-0.25, -0.2) is 8.42 Å². The summed E-state index contributed by atoms with van der Waals surface area (Å²) in [6.07, 6.45) is 1.18. The largest absolute Gasteiger partial charge is 0.457 e. The molecule has 2 N–H and O–H groups in total. The molecule has 0 aliphatic carbocycles. The Hall–Kier alpha value is -1.85. The minimum Gasteiger partial charge on any atom is -0.457 e. The monoisotopic (exact) mass is 291 g/mol. The molecule has 0 saturated carbocycles. The molecule has 0 aromatic heterocycles. The summed E-state index contributed by atoms with van der Waals surface area (Å²) in [5.74, 6) is 1.27. The average molecular weight is 291 g/mol. The topological polar surface area (TPSA) is 69.4 Å². The summed E-state index contributed by atoms with van der Waals surface area (Å²) in [6.45, 7) is 1.92. The highest BCUT2D eigenvalue weighted by Crippen LogP contribution is 2.24. The van der Waals surface area contributed by atoms with Crippen molar-refractivity contribution in [3.05, 3.63) is 54.1 Å². The Bertz CT molecular complexity index is 674. The van der Waals surface area contributed by atoms with Crippen LogP contribution in [0.5, 0.6) is 11.5 Å². The molecule has 0 amide bonds. The summed E-state index contributed by atoms with van der Waals surface area (Å²) in [5, 5.41) is 0. The zero-order valence-corrected chi connectivity index (χ0v) is 12.2. The van der Waals surface area contributed by atoms with Crippen molar-refractivity contribution in [1.82, 2.24) is 0 Å². The molecule has 5 heteroatoms. The number of sulfone groups is 1. The highest BCUT2D eigenvalue weighted by molar-refractivity contribution is 7.90. The summed E-state index contributed by atoms with van der Waals surface area (Å²) in [5.41, 5.74) is 6.81. The molecule has 0 bridgehead atoms. The summed E-state index contributed by atoms with van der Waals surface area (Å²) < 4.78 is 28.3. The van der Waals surface area contributed by atoms with Crippen LogP contribution in [0.15, 0.2) is 53.4 Å². The summed E-state index contributed by atoms with van der Waals surface area (Å²) in [7, 11) is -3.18. The molecule has 0 radical (unpaired) electrons. The van der Waals surface area contributed by atoms with Crippen molar-refractivity contribution >= 4 is 9.84 Å². The van der Waals surface area contributed by atoms with E-state index in [4.69, 9.17) is 10.5 Å². The second-order valence-electron chi connectivity index (χ2n) is 4.70. The molecule has 0 fully saturated rings. The molecule has 20 heavy (non-hydrogen) atoms. The highest BCUT2D eigenvalue weighted by atomic mass is 32.2. The lowest BCUT2D eigenvalue weighted by Gasteiger charge is -2.09. The first-order valence-electron chi connectivity index (χ1n) is 6.20. The van der Waals surface area contributed by atoms with Crippen LogP contribution in [0, 0.1) is 0 Å². The van der Waals surface area contributed by atoms with Gasteiger partial charge in [0.2, 0.25) is 0 Å². The molecule has 0 aliphatic heterocycles. The minimum atomic E-state index is -3.18. The molecule has 0 spiro atoms. The van der Waals surface area contributed by atoms with E-state index in [1.807, 2.05) is 31.2 Å². The molecule has 2 aromatic carbocycles. The molecule has 1 atom stereocenters. The molecule has 0 saturated heterocycles. The molecular formula is C15H17NO3S. The van der Waals surface area contributed by atoms with E-state index in [0.29, 0.717) is 11.5 Å². The van der Waals surface area contributed by atoms with E-state index in [1.54, 1.807) is 12.1 Å². The van der Waals surface area contributed by atoms with Crippen LogP contribution >= 0.6 is 0 Å². The van der Waals surface area contributed by atoms with Gasteiger partial charge in [-0.2, -0.15) is 0 Å². The lowest BCUT2D eigenvalue weighted by Crippen LogP contribution is -2.04. The average Bonchev–Trinajstić information content (AvgIpc) is 2.39. The van der Waals surface area contributed by atoms with Crippen LogP contribution < -0.4 is 10.5 Å². The Kier molecular flexibility index (Phi) is 4.11. The van der Waals surface area contributed by atoms with Gasteiger partial charge in [-0.15, -0.1) is 0 Å². The molecular weight excluding hydrogens is 274 g/mol. The van der Waals surface area contributed by atoms with E-state index in [9.17, 15) is 8.42 Å². The quantitative estimate of drug-likeness (QED) is 0.940. The number of ether oxygens (including phenoxy) is 1. The van der Waals surface area contributed by atoms with Gasteiger partial charge in [-0.05, 0) is 48.9 Å². The van der Waals surface area contributed by atoms with Crippen molar-refractivity contribution in [2.45, 2.75) is 17.9 Å². The maximum Gasteiger partial charge on any atom is 0.175 e. The number of nitrogens with two attached hydrogens (primary N) is 1. The Morgan fingerprint density at radius 1 is 0.950 bits per heavy atom. The standard InChI is InChI=1S/C15H17NO3S/c1-11(16)12-3-5-13(6-4-12)19-14-7-9-15(10-8-14)20(2,17)18/h3-11H,16H2,1-2H3/t11-/m1/s1. The molecule has 0 aliphatic rings. The summed E-state index contributed by atoms with van der Waals surface area (Å²) >= 11 is 0. The third-order valence-corrected chi connectivity index (χ3v) is 4.02. The van der Waals surface area contributed by atoms with E-state index >= 15 is 0 Å². The lowest BCUT2D eigenvalue weighted by molar-refractivity contribution is 0.482. The van der Waals surface area contributed by atoms with Crippen LogP contribution in [0.25, 0.3) is 0 Å². The van der Waals surface area contributed by atoms with Crippen LogP contribution in [-0.2, 0) is 9.84 Å². The first-order chi connectivity index (χ1) is 9.36. The minimum absolute atomic E-state index is 0.0157. The van der Waals surface area contributed by atoms with Gasteiger partial charge >= 0.3 is 0 Å². The van der Waals surface area contributed by atoms with E-state index in [0.717, 1.165) is 5.56 Å². The first-order valence-corrected chi connectivity index (χ1v) is 8.09. The zero-order valence-electron chi connectivity index (χ0n) is 11.4. The molecule has 4 nitrogen and oxygen atoms in total. The fourth-order valence-electron chi connectivity index (χ4n) is 1.73. The predicted octanol–water partition coefficient (Wildman–Crippen LogP) is 2.90. The smallest absolute Gasteiger partial charge is 0.175 e. The normalized spacial score (nSPS) is 12.9. The second-order valence-corrected chi connectivity index (χ2v) is 6.72. The van der Waals surface area contributed by atoms with Crippen molar-refractivity contribution in [2.24, 2.45) is 5.73 Å². The Balaban J connectivity index is 2.14. The maximum atomic E-state index is 11.4. The van der Waals surface area contributed by atoms with Crippen molar-refractivity contribution in [3.63, 3.8) is 0 Å². The third kappa shape index (κ3) is 3.59. The molecule has 0 unspecified atom stereocenters. The highest BCUT2D eigenvalue weighted by Gasteiger charge is 2.07. The number of hydrogen-bond donors (Lipinski definition) is 1. The van der Waals surface area contributed by atoms with Gasteiger partial charge in [0, 0.05) is 12.3 Å². The molecule has 2 aromatic rings. The van der Waals surface area contributed by atoms with Crippen molar-refractivity contribution in [3.8, 4) is 11.5 Å². The predicted molar refractivity (Wildman–Crippen MR) is 78.7 cm³/mol. The van der Waals surface area contributed by atoms with E-state index in [2.05, 4.69) is 0 Å². The van der Waals surface area contributed by atoms with Gasteiger partial charge in [0.1, 0.15) is 11.5 Å². The zero-order chi connectivity index (χ0) is 14.8. The van der Waals surface area contributed by atoms with Gasteiger partial charge in [-0.1, -0.05) is 12.1 Å². The van der Waals surface area contributed by atoms with E-state index < -0.39 is 9.84 Å². The van der Waals surface area contributed by atoms with Crippen molar-refractivity contribution < 1.29 is 13.2 Å². The molecule has 0 heterocycles. The van der Waals surface area contributed by atoms with Crippen LogP contribution in [-0.4, -0.2) is 14.7 Å². The summed E-state index contributed by atoms with van der Waals surface area (Å²) in [6, 6.07) is 13.8. The van der Waals surface area contributed by atoms with Gasteiger partial charge in [-0.3, -0.25) is 0 Å². The summed E-state index contributed by atoms with van der Waals surface area (Å²) in [4.78, 5) is 0.275. The first kappa shape index (κ1) is 14.6. The fourth-order valence-corrected chi connectivity index (χ4v) is 2.36. The number of rotatable bonds is 4. The van der Waals surface area contributed by atoms with Gasteiger partial charge in [0.25, 0.3) is 0 Å². The Labute approximate surface area is 119 Å². The van der Waals surface area contributed by atoms with E-state index in [-0.39, 0.29) is 10.9 Å². The van der Waals surface area contributed by atoms with Crippen LogP contribution in [0.1, 0.15) is 18.5 Å². The van der Waals surface area contributed by atoms with Crippen LogP contribution in [0.4, 0.5) is 0 Å². The van der Waals surface area contributed by atoms with Gasteiger partial charge in [0.05, 0.1) is 4.90 Å². The fraction of sp³-hybridized carbons (Fsp3) is 0.200. The molecule has 2 rings (SSSR count). The van der Waals surface area contributed by atoms with Crippen molar-refractivity contribution in [2.75, 3.05) is 6.26 Å². The van der Waals surface area contributed by atoms with Crippen LogP contribution in [0.2, 0.25) is 0 Å². The van der Waals surface area contributed by atoms with E-state index in [1.165, 1.54) is 18.4 Å². The second kappa shape index (κ2) is 5.64. The third-order valence-electron chi connectivity index (χ3n) is 2.89. The SMILES string of the molecule is C[C@@H](N)c1ccc(Oc2ccc(S(C)(=O)=O)cc2)cc1. The molecule has 106 valence electrons. The van der Waals surface area contributed by atoms with Gasteiger partial charge < -0.3 is 10.5 Å². The Morgan fingerprint density at radius 2 is 1.40 bits per heavy atom. The maximum absolute atomic E-state index is 11.4. The van der Waals surface area contributed by atoms with Gasteiger partial charge in [0.15, 0.2) is 9.84 Å². The van der Waals surface area contributed by atoms with Crippen LogP contribution in [0.3, 0.4) is 0 Å². The van der Waals surface area contributed by atoms with Crippen molar-refractivity contribution in [1.29, 1.82) is 0 Å². The Morgan fingerprint density at radius 3 is 1.80 bits per heavy atom.